The van der Waals surface area contributed by atoms with E-state index in [4.69, 9.17) is 9.73 Å². The van der Waals surface area contributed by atoms with Gasteiger partial charge in [-0.1, -0.05) is 0 Å². The highest BCUT2D eigenvalue weighted by molar-refractivity contribution is 14.0. The number of hydrogen-bond donors (Lipinski definition) is 1. The Kier molecular flexibility index (Phi) is 11.0. The van der Waals surface area contributed by atoms with Gasteiger partial charge in [-0.25, -0.2) is 0 Å². The Morgan fingerprint density at radius 1 is 1.07 bits per heavy atom. The molecule has 9 heteroatoms. The van der Waals surface area contributed by atoms with Crippen LogP contribution in [0.4, 0.5) is 0 Å². The van der Waals surface area contributed by atoms with Crippen molar-refractivity contribution in [3.8, 4) is 0 Å². The topological polar surface area (TPSA) is 77.5 Å². The first-order valence-corrected chi connectivity index (χ1v) is 9.64. The molecule has 2 aliphatic heterocycles. The van der Waals surface area contributed by atoms with Crippen molar-refractivity contribution in [3.63, 3.8) is 0 Å². The van der Waals surface area contributed by atoms with E-state index in [0.29, 0.717) is 0 Å². The average Bonchev–Trinajstić information content (AvgIpc) is 2.67. The Labute approximate surface area is 179 Å². The molecule has 0 aromatic rings. The van der Waals surface area contributed by atoms with Crippen LogP contribution in [0.1, 0.15) is 26.7 Å². The Morgan fingerprint density at radius 3 is 2.22 bits per heavy atom. The maximum Gasteiger partial charge on any atom is 0.308 e. The molecule has 2 fully saturated rings. The van der Waals surface area contributed by atoms with Crippen LogP contribution in [-0.4, -0.2) is 98.5 Å². The third-order valence-electron chi connectivity index (χ3n) is 5.16. The highest BCUT2D eigenvalue weighted by Crippen LogP contribution is 2.18. The number of hydrogen-bond acceptors (Lipinski definition) is 5. The lowest BCUT2D eigenvalue weighted by molar-refractivity contribution is -0.146. The summed E-state index contributed by atoms with van der Waals surface area (Å²) < 4.78 is 4.85. The van der Waals surface area contributed by atoms with Crippen molar-refractivity contribution in [1.82, 2.24) is 20.0 Å². The van der Waals surface area contributed by atoms with Crippen molar-refractivity contribution in [1.29, 1.82) is 0 Å². The highest BCUT2D eigenvalue weighted by Gasteiger charge is 2.27. The molecule has 0 aromatic heterocycles. The monoisotopic (exact) mass is 495 g/mol. The van der Waals surface area contributed by atoms with Crippen LogP contribution in [-0.2, 0) is 14.3 Å². The standard InChI is InChI=1S/C18H33N5O3.HI/c1-4-19-18(23-8-5-16(6-9-23)17(25)26-3)20-7-10-21-11-13-22(14-12-21)15(2)24;/h16H,4-14H2,1-3H3,(H,19,20);1H. The van der Waals surface area contributed by atoms with Crippen LogP contribution in [0.2, 0.25) is 0 Å². The van der Waals surface area contributed by atoms with E-state index in [-0.39, 0.29) is 41.8 Å². The summed E-state index contributed by atoms with van der Waals surface area (Å²) in [5.74, 6) is 0.999. The Balaban J connectivity index is 0.00000364. The number of halogens is 1. The molecular formula is C18H34IN5O3. The number of nitrogens with one attached hydrogen (secondary N) is 1. The summed E-state index contributed by atoms with van der Waals surface area (Å²) in [6.45, 7) is 11.2. The number of amides is 1. The first-order valence-electron chi connectivity index (χ1n) is 9.64. The van der Waals surface area contributed by atoms with Crippen LogP contribution < -0.4 is 5.32 Å². The molecule has 0 unspecified atom stereocenters. The maximum atomic E-state index is 11.7. The van der Waals surface area contributed by atoms with E-state index in [1.165, 1.54) is 7.11 Å². The van der Waals surface area contributed by atoms with Crippen molar-refractivity contribution in [2.75, 3.05) is 66.0 Å². The molecule has 1 N–H and O–H groups in total. The number of ether oxygens (including phenoxy) is 1. The molecule has 0 aromatic carbocycles. The third-order valence-corrected chi connectivity index (χ3v) is 5.16. The summed E-state index contributed by atoms with van der Waals surface area (Å²) in [6, 6.07) is 0. The molecule has 27 heavy (non-hydrogen) atoms. The van der Waals surface area contributed by atoms with Gasteiger partial charge in [0.25, 0.3) is 0 Å². The van der Waals surface area contributed by atoms with Crippen LogP contribution in [0.15, 0.2) is 4.99 Å². The molecule has 0 aliphatic carbocycles. The first kappa shape index (κ1) is 23.9. The van der Waals surface area contributed by atoms with Gasteiger partial charge in [0.05, 0.1) is 19.6 Å². The average molecular weight is 495 g/mol. The van der Waals surface area contributed by atoms with Crippen molar-refractivity contribution >= 4 is 41.8 Å². The number of piperidine rings is 1. The van der Waals surface area contributed by atoms with Gasteiger partial charge in [-0.3, -0.25) is 19.5 Å². The van der Waals surface area contributed by atoms with E-state index >= 15 is 0 Å². The summed E-state index contributed by atoms with van der Waals surface area (Å²) in [5.41, 5.74) is 0. The van der Waals surface area contributed by atoms with Gasteiger partial charge in [-0.15, -0.1) is 24.0 Å². The van der Waals surface area contributed by atoms with Gasteiger partial charge in [0, 0.05) is 59.3 Å². The minimum Gasteiger partial charge on any atom is -0.469 e. The number of likely N-dealkylation sites (tertiary alicyclic amines) is 1. The minimum absolute atomic E-state index is 0. The number of esters is 1. The van der Waals surface area contributed by atoms with E-state index in [0.717, 1.165) is 77.7 Å². The number of carbonyl (C=O) groups excluding carboxylic acids is 2. The first-order chi connectivity index (χ1) is 12.5. The number of rotatable bonds is 5. The zero-order valence-corrected chi connectivity index (χ0v) is 19.1. The van der Waals surface area contributed by atoms with Crippen LogP contribution in [0, 0.1) is 5.92 Å². The molecule has 0 spiro atoms. The lowest BCUT2D eigenvalue weighted by Gasteiger charge is -2.34. The van der Waals surface area contributed by atoms with Gasteiger partial charge in [0.2, 0.25) is 5.91 Å². The van der Waals surface area contributed by atoms with Crippen LogP contribution in [0.3, 0.4) is 0 Å². The molecule has 2 aliphatic rings. The number of guanidine groups is 1. The van der Waals surface area contributed by atoms with Crippen molar-refractivity contribution in [2.24, 2.45) is 10.9 Å². The van der Waals surface area contributed by atoms with Crippen LogP contribution >= 0.6 is 24.0 Å². The fourth-order valence-electron chi connectivity index (χ4n) is 3.50. The normalized spacial score (nSPS) is 19.4. The van der Waals surface area contributed by atoms with Gasteiger partial charge < -0.3 is 19.9 Å². The maximum absolute atomic E-state index is 11.7. The number of aliphatic imine (C=N–C) groups is 1. The molecule has 156 valence electrons. The molecular weight excluding hydrogens is 461 g/mol. The number of piperazine rings is 1. The van der Waals surface area contributed by atoms with Crippen molar-refractivity contribution < 1.29 is 14.3 Å². The van der Waals surface area contributed by atoms with E-state index in [2.05, 4.69) is 22.0 Å². The van der Waals surface area contributed by atoms with Crippen molar-refractivity contribution in [3.05, 3.63) is 0 Å². The summed E-state index contributed by atoms with van der Waals surface area (Å²) in [4.78, 5) is 34.3. The van der Waals surface area contributed by atoms with E-state index < -0.39 is 0 Å². The van der Waals surface area contributed by atoms with Gasteiger partial charge >= 0.3 is 5.97 Å². The van der Waals surface area contributed by atoms with Gasteiger partial charge in [0.1, 0.15) is 0 Å². The summed E-state index contributed by atoms with van der Waals surface area (Å²) in [7, 11) is 1.45. The Morgan fingerprint density at radius 2 is 1.70 bits per heavy atom. The van der Waals surface area contributed by atoms with Gasteiger partial charge in [-0.05, 0) is 19.8 Å². The lowest BCUT2D eigenvalue weighted by atomic mass is 9.97. The summed E-state index contributed by atoms with van der Waals surface area (Å²) >= 11 is 0. The molecule has 2 rings (SSSR count). The molecule has 0 saturated carbocycles. The fraction of sp³-hybridized carbons (Fsp3) is 0.833. The highest BCUT2D eigenvalue weighted by atomic mass is 127. The van der Waals surface area contributed by atoms with Gasteiger partial charge in [-0.2, -0.15) is 0 Å². The fourth-order valence-corrected chi connectivity index (χ4v) is 3.50. The quantitative estimate of drug-likeness (QED) is 0.261. The molecule has 0 bridgehead atoms. The van der Waals surface area contributed by atoms with E-state index in [1.54, 1.807) is 6.92 Å². The molecule has 0 radical (unpaired) electrons. The zero-order chi connectivity index (χ0) is 18.9. The molecule has 8 nitrogen and oxygen atoms in total. The SMILES string of the molecule is CCNC(=NCCN1CCN(C(C)=O)CC1)N1CCC(C(=O)OC)CC1.I. The second-order valence-corrected chi connectivity index (χ2v) is 6.87. The smallest absolute Gasteiger partial charge is 0.308 e. The third kappa shape index (κ3) is 7.44. The second kappa shape index (κ2) is 12.4. The number of nitrogens with zero attached hydrogens (tertiary/aromatic N) is 4. The molecule has 2 heterocycles. The Hall–Kier alpha value is -1.10. The zero-order valence-electron chi connectivity index (χ0n) is 16.8. The molecule has 2 saturated heterocycles. The van der Waals surface area contributed by atoms with E-state index in [9.17, 15) is 9.59 Å². The van der Waals surface area contributed by atoms with Crippen molar-refractivity contribution in [2.45, 2.75) is 26.7 Å². The van der Waals surface area contributed by atoms with Crippen LogP contribution in [0.5, 0.6) is 0 Å². The number of carbonyl (C=O) groups is 2. The van der Waals surface area contributed by atoms with E-state index in [1.807, 2.05) is 4.90 Å². The van der Waals surface area contributed by atoms with Gasteiger partial charge in [0.15, 0.2) is 5.96 Å². The largest absolute Gasteiger partial charge is 0.469 e. The minimum atomic E-state index is -0.101. The van der Waals surface area contributed by atoms with Crippen LogP contribution in [0.25, 0.3) is 0 Å². The predicted octanol–water partition coefficient (Wildman–Crippen LogP) is 0.619. The molecule has 1 amide bonds. The Bertz CT molecular complexity index is 501. The summed E-state index contributed by atoms with van der Waals surface area (Å²) in [5, 5.41) is 3.36. The number of methoxy groups -OCH3 is 1. The molecule has 0 atom stereocenters. The predicted molar refractivity (Wildman–Crippen MR) is 116 cm³/mol. The lowest BCUT2D eigenvalue weighted by Crippen LogP contribution is -2.49. The summed E-state index contributed by atoms with van der Waals surface area (Å²) in [6.07, 6.45) is 1.62. The second-order valence-electron chi connectivity index (χ2n) is 6.87.